The predicted molar refractivity (Wildman–Crippen MR) is 79.1 cm³/mol. The fraction of sp³-hybridized carbons (Fsp3) is 0.385. The van der Waals surface area contributed by atoms with Gasteiger partial charge in [-0.05, 0) is 12.1 Å². The van der Waals surface area contributed by atoms with E-state index in [0.717, 1.165) is 18.1 Å². The Bertz CT molecular complexity index is 615. The van der Waals surface area contributed by atoms with E-state index < -0.39 is 0 Å². The van der Waals surface area contributed by atoms with Crippen LogP contribution in [-0.2, 0) is 9.53 Å². The number of aromatic nitrogens is 3. The van der Waals surface area contributed by atoms with Crippen molar-refractivity contribution >= 4 is 23.6 Å². The fourth-order valence-corrected chi connectivity index (χ4v) is 2.59. The quantitative estimate of drug-likeness (QED) is 0.615. The molecule has 1 N–H and O–H groups in total. The zero-order valence-corrected chi connectivity index (χ0v) is 12.7. The second-order valence-electron chi connectivity index (χ2n) is 4.56. The van der Waals surface area contributed by atoms with Gasteiger partial charge < -0.3 is 4.74 Å². The molecule has 1 aliphatic rings. The van der Waals surface area contributed by atoms with Crippen molar-refractivity contribution in [3.8, 4) is 0 Å². The maximum Gasteiger partial charge on any atom is 0.305 e. The number of hydrogen-bond donors (Lipinski definition) is 1. The van der Waals surface area contributed by atoms with Gasteiger partial charge in [-0.15, -0.1) is 5.01 Å². The van der Waals surface area contributed by atoms with Gasteiger partial charge in [-0.25, -0.2) is 4.98 Å². The average molecular weight is 322 g/mol. The predicted octanol–water partition coefficient (Wildman–Crippen LogP) is 0.0561. The van der Waals surface area contributed by atoms with Gasteiger partial charge in [0.15, 0.2) is 0 Å². The van der Waals surface area contributed by atoms with E-state index in [0.29, 0.717) is 19.1 Å². The number of hydrogen-bond acceptors (Lipinski definition) is 7. The number of anilines is 1. The average Bonchev–Trinajstić information content (AvgIpc) is 3.03. The molecule has 0 bridgehead atoms. The monoisotopic (exact) mass is 322 g/mol. The summed E-state index contributed by atoms with van der Waals surface area (Å²) in [5.41, 5.74) is 0. The van der Waals surface area contributed by atoms with E-state index in [2.05, 4.69) is 15.6 Å². The molecule has 0 atom stereocenters. The molecule has 1 saturated heterocycles. The first-order chi connectivity index (χ1) is 10.8. The van der Waals surface area contributed by atoms with Crippen LogP contribution in [0.25, 0.3) is 0 Å². The van der Waals surface area contributed by atoms with Crippen molar-refractivity contribution in [2.75, 3.05) is 42.4 Å². The number of ether oxygens (including phenoxy) is 1. The van der Waals surface area contributed by atoms with Gasteiger partial charge >= 0.3 is 5.88 Å². The first-order valence-corrected chi connectivity index (χ1v) is 7.85. The molecule has 0 radical (unpaired) electrons. The smallest absolute Gasteiger partial charge is 0.305 e. The molecule has 1 fully saturated rings. The van der Waals surface area contributed by atoms with Crippen molar-refractivity contribution < 1.29 is 18.8 Å². The van der Waals surface area contributed by atoms with E-state index in [4.69, 9.17) is 9.26 Å². The van der Waals surface area contributed by atoms with Crippen LogP contribution in [0, 0.1) is 0 Å². The summed E-state index contributed by atoms with van der Waals surface area (Å²) in [7, 11) is 0. The Morgan fingerprint density at radius 3 is 3.05 bits per heavy atom. The number of amides is 1. The first-order valence-electron chi connectivity index (χ1n) is 6.86. The normalized spacial score (nSPS) is 14.8. The summed E-state index contributed by atoms with van der Waals surface area (Å²) in [6.07, 6.45) is 3.34. The van der Waals surface area contributed by atoms with E-state index in [1.165, 1.54) is 11.8 Å². The highest BCUT2D eigenvalue weighted by Gasteiger charge is 2.23. The van der Waals surface area contributed by atoms with Crippen molar-refractivity contribution in [1.82, 2.24) is 10.3 Å². The molecule has 0 unspecified atom stereocenters. The molecule has 0 saturated carbocycles. The molecular weight excluding hydrogens is 306 g/mol. The van der Waals surface area contributed by atoms with Crippen molar-refractivity contribution in [3.63, 3.8) is 0 Å². The Balaban J connectivity index is 1.50. The summed E-state index contributed by atoms with van der Waals surface area (Å²) >= 11 is 1.36. The summed E-state index contributed by atoms with van der Waals surface area (Å²) in [5, 5.41) is 9.35. The Morgan fingerprint density at radius 2 is 2.27 bits per heavy atom. The standard InChI is InChI=1S/C13H15N5O3S/c19-11(10-22-13-3-1-2-4-14-13)15-12-9-18(16-21-12)17-5-7-20-8-6-17/h1-4,9H,5-8,10H2/p+1. The number of rotatable bonds is 5. The Morgan fingerprint density at radius 1 is 1.41 bits per heavy atom. The van der Waals surface area contributed by atoms with Gasteiger partial charge in [0.2, 0.25) is 11.2 Å². The molecule has 3 heterocycles. The number of nitrogens with one attached hydrogen (secondary N) is 1. The van der Waals surface area contributed by atoms with Gasteiger partial charge in [-0.1, -0.05) is 17.8 Å². The summed E-state index contributed by atoms with van der Waals surface area (Å²) in [6, 6.07) is 5.58. The van der Waals surface area contributed by atoms with Crippen molar-refractivity contribution in [1.29, 1.82) is 0 Å². The van der Waals surface area contributed by atoms with Crippen LogP contribution in [0.15, 0.2) is 40.1 Å². The van der Waals surface area contributed by atoms with Crippen LogP contribution in [0.3, 0.4) is 0 Å². The zero-order chi connectivity index (χ0) is 15.2. The minimum Gasteiger partial charge on any atom is -0.377 e. The fourth-order valence-electron chi connectivity index (χ4n) is 1.93. The SMILES string of the molecule is O=C(CSc1ccccn1)Nc1c[n+](N2CCOCC2)no1. The maximum absolute atomic E-state index is 11.9. The molecule has 1 amide bonds. The molecule has 0 spiro atoms. The lowest BCUT2D eigenvalue weighted by Gasteiger charge is -2.18. The van der Waals surface area contributed by atoms with E-state index in [1.54, 1.807) is 17.2 Å². The van der Waals surface area contributed by atoms with E-state index in [1.807, 2.05) is 23.2 Å². The maximum atomic E-state index is 11.9. The largest absolute Gasteiger partial charge is 0.377 e. The number of thioether (sulfide) groups is 1. The molecule has 9 heteroatoms. The number of carbonyl (C=O) groups excluding carboxylic acids is 1. The van der Waals surface area contributed by atoms with Gasteiger partial charge in [0.05, 0.1) is 41.9 Å². The van der Waals surface area contributed by atoms with Crippen LogP contribution < -0.4 is 15.1 Å². The molecule has 8 nitrogen and oxygen atoms in total. The molecule has 3 rings (SSSR count). The molecule has 2 aromatic heterocycles. The van der Waals surface area contributed by atoms with Crippen LogP contribution in [0.4, 0.5) is 5.88 Å². The molecule has 116 valence electrons. The Kier molecular flexibility index (Phi) is 4.86. The molecule has 0 aliphatic carbocycles. The third-order valence-electron chi connectivity index (χ3n) is 2.98. The first kappa shape index (κ1) is 14.8. The highest BCUT2D eigenvalue weighted by Crippen LogP contribution is 2.14. The summed E-state index contributed by atoms with van der Waals surface area (Å²) < 4.78 is 10.4. The summed E-state index contributed by atoms with van der Waals surface area (Å²) in [5.74, 6) is 0.411. The minimum atomic E-state index is -0.166. The molecule has 0 aromatic carbocycles. The van der Waals surface area contributed by atoms with Crippen LogP contribution in [0.2, 0.25) is 0 Å². The summed E-state index contributed by atoms with van der Waals surface area (Å²) in [4.78, 5) is 17.6. The highest BCUT2D eigenvalue weighted by atomic mass is 32.2. The van der Waals surface area contributed by atoms with E-state index >= 15 is 0 Å². The van der Waals surface area contributed by atoms with Gasteiger partial charge in [-0.3, -0.25) is 14.6 Å². The van der Waals surface area contributed by atoms with Gasteiger partial charge in [-0.2, -0.15) is 0 Å². The number of pyridine rings is 1. The van der Waals surface area contributed by atoms with E-state index in [-0.39, 0.29) is 11.7 Å². The molecule has 1 aliphatic heterocycles. The van der Waals surface area contributed by atoms with Gasteiger partial charge in [0, 0.05) is 6.20 Å². The number of morpholine rings is 1. The minimum absolute atomic E-state index is 0.166. The topological polar surface area (TPSA) is 84.4 Å². The molecular formula is C13H16N5O3S+. The molecule has 22 heavy (non-hydrogen) atoms. The van der Waals surface area contributed by atoms with Crippen molar-refractivity contribution in [2.45, 2.75) is 5.03 Å². The van der Waals surface area contributed by atoms with Crippen LogP contribution in [0.1, 0.15) is 0 Å². The number of carbonyl (C=O) groups is 1. The van der Waals surface area contributed by atoms with Crippen LogP contribution in [0.5, 0.6) is 0 Å². The lowest BCUT2D eigenvalue weighted by atomic mass is 10.5. The Labute approximate surface area is 131 Å². The Hall–Kier alpha value is -2.13. The highest BCUT2D eigenvalue weighted by molar-refractivity contribution is 7.99. The third-order valence-corrected chi connectivity index (χ3v) is 3.93. The lowest BCUT2D eigenvalue weighted by molar-refractivity contribution is -0.759. The van der Waals surface area contributed by atoms with Crippen LogP contribution >= 0.6 is 11.8 Å². The van der Waals surface area contributed by atoms with Gasteiger partial charge in [0.25, 0.3) is 6.20 Å². The molecule has 2 aromatic rings. The lowest BCUT2D eigenvalue weighted by Crippen LogP contribution is -2.62. The zero-order valence-electron chi connectivity index (χ0n) is 11.8. The third kappa shape index (κ3) is 3.95. The second-order valence-corrected chi connectivity index (χ2v) is 5.55. The number of nitrogens with zero attached hydrogens (tertiary/aromatic N) is 4. The summed E-state index contributed by atoms with van der Waals surface area (Å²) in [6.45, 7) is 2.78. The van der Waals surface area contributed by atoms with Crippen molar-refractivity contribution in [2.24, 2.45) is 0 Å². The van der Waals surface area contributed by atoms with Crippen LogP contribution in [-0.4, -0.2) is 48.2 Å². The van der Waals surface area contributed by atoms with E-state index in [9.17, 15) is 4.79 Å². The van der Waals surface area contributed by atoms with Gasteiger partial charge in [0.1, 0.15) is 0 Å². The van der Waals surface area contributed by atoms with Crippen molar-refractivity contribution in [3.05, 3.63) is 30.6 Å². The second kappa shape index (κ2) is 7.23.